The van der Waals surface area contributed by atoms with Gasteiger partial charge in [-0.2, -0.15) is 5.10 Å². The van der Waals surface area contributed by atoms with Gasteiger partial charge in [0.25, 0.3) is 0 Å². The van der Waals surface area contributed by atoms with Crippen LogP contribution in [0, 0.1) is 5.92 Å². The molecule has 1 aromatic rings. The third-order valence-electron chi connectivity index (χ3n) is 5.36. The number of aromatic nitrogens is 2. The molecule has 23 heavy (non-hydrogen) atoms. The van der Waals surface area contributed by atoms with Gasteiger partial charge in [0.05, 0.1) is 11.9 Å². The number of likely N-dealkylation sites (tertiary alicyclic amines) is 1. The van der Waals surface area contributed by atoms with Crippen LogP contribution in [0.25, 0.3) is 0 Å². The smallest absolute Gasteiger partial charge is 0.222 e. The molecular weight excluding hydrogens is 290 g/mol. The van der Waals surface area contributed by atoms with Crippen molar-refractivity contribution in [3.8, 4) is 0 Å². The lowest BCUT2D eigenvalue weighted by molar-refractivity contribution is -0.128. The zero-order valence-electron chi connectivity index (χ0n) is 13.7. The van der Waals surface area contributed by atoms with Crippen molar-refractivity contribution in [2.45, 2.75) is 32.1 Å². The van der Waals surface area contributed by atoms with E-state index in [1.807, 2.05) is 11.1 Å². The van der Waals surface area contributed by atoms with E-state index in [0.717, 1.165) is 64.3 Å². The molecule has 1 unspecified atom stereocenters. The summed E-state index contributed by atoms with van der Waals surface area (Å²) in [6.45, 7) is 6.12. The predicted molar refractivity (Wildman–Crippen MR) is 89.6 cm³/mol. The van der Waals surface area contributed by atoms with Crippen LogP contribution in [0.15, 0.2) is 12.3 Å². The zero-order chi connectivity index (χ0) is 15.6. The number of carbonyl (C=O) groups excluding carboxylic acids is 1. The summed E-state index contributed by atoms with van der Waals surface area (Å²) in [6, 6.07) is 2.18. The summed E-state index contributed by atoms with van der Waals surface area (Å²) in [5.74, 6) is 1.89. The minimum absolute atomic E-state index is 0.333. The van der Waals surface area contributed by atoms with Crippen LogP contribution in [0.1, 0.15) is 32.1 Å². The van der Waals surface area contributed by atoms with E-state index in [-0.39, 0.29) is 0 Å². The van der Waals surface area contributed by atoms with Gasteiger partial charge in [0.1, 0.15) is 0 Å². The van der Waals surface area contributed by atoms with Crippen molar-refractivity contribution in [2.24, 2.45) is 5.92 Å². The molecule has 0 aromatic carbocycles. The summed E-state index contributed by atoms with van der Waals surface area (Å²) >= 11 is 0. The normalized spacial score (nSPS) is 25.0. The molecule has 0 spiro atoms. The van der Waals surface area contributed by atoms with Gasteiger partial charge >= 0.3 is 0 Å². The van der Waals surface area contributed by atoms with Gasteiger partial charge in [-0.3, -0.25) is 4.79 Å². The molecule has 0 saturated carbocycles. The van der Waals surface area contributed by atoms with E-state index < -0.39 is 0 Å². The molecule has 3 saturated heterocycles. The van der Waals surface area contributed by atoms with Gasteiger partial charge in [-0.05, 0) is 31.6 Å². The van der Waals surface area contributed by atoms with Crippen LogP contribution < -0.4 is 9.80 Å². The van der Waals surface area contributed by atoms with E-state index in [9.17, 15) is 4.79 Å². The Hall–Kier alpha value is -1.85. The van der Waals surface area contributed by atoms with Crippen molar-refractivity contribution in [1.29, 1.82) is 0 Å². The highest BCUT2D eigenvalue weighted by Crippen LogP contribution is 2.27. The summed E-state index contributed by atoms with van der Waals surface area (Å²) in [6.07, 6.45) is 7.32. The first-order chi connectivity index (χ1) is 11.3. The van der Waals surface area contributed by atoms with E-state index in [4.69, 9.17) is 0 Å². The zero-order valence-corrected chi connectivity index (χ0v) is 13.7. The van der Waals surface area contributed by atoms with Gasteiger partial charge in [0.15, 0.2) is 5.82 Å². The molecule has 3 aliphatic rings. The standard InChI is InChI=1S/C17H25N5O/c23-17-4-3-8-22(17)13-14-5-9-21(12-14)16-10-15(11-18-19-16)20-6-1-2-7-20/h10-11,14H,1-9,12-13H2. The molecule has 3 aliphatic heterocycles. The van der Waals surface area contributed by atoms with Gasteiger partial charge in [0, 0.05) is 51.8 Å². The predicted octanol–water partition coefficient (Wildman–Crippen LogP) is 1.53. The van der Waals surface area contributed by atoms with Crippen molar-refractivity contribution < 1.29 is 4.79 Å². The minimum atomic E-state index is 0.333. The van der Waals surface area contributed by atoms with E-state index in [1.165, 1.54) is 18.5 Å². The maximum atomic E-state index is 11.8. The molecule has 3 fully saturated rings. The second kappa shape index (κ2) is 6.34. The molecule has 6 nitrogen and oxygen atoms in total. The molecule has 1 amide bonds. The highest BCUT2D eigenvalue weighted by molar-refractivity contribution is 5.78. The quantitative estimate of drug-likeness (QED) is 0.843. The maximum absolute atomic E-state index is 11.8. The highest BCUT2D eigenvalue weighted by atomic mass is 16.2. The lowest BCUT2D eigenvalue weighted by Gasteiger charge is -2.22. The van der Waals surface area contributed by atoms with Crippen LogP contribution >= 0.6 is 0 Å². The number of carbonyl (C=O) groups is 1. The fraction of sp³-hybridized carbons (Fsp3) is 0.706. The van der Waals surface area contributed by atoms with Gasteiger partial charge in [-0.25, -0.2) is 0 Å². The summed E-state index contributed by atoms with van der Waals surface area (Å²) in [5, 5.41) is 8.56. The summed E-state index contributed by atoms with van der Waals surface area (Å²) in [7, 11) is 0. The Bertz CT molecular complexity index is 572. The lowest BCUT2D eigenvalue weighted by Crippen LogP contribution is -2.32. The first-order valence-corrected chi connectivity index (χ1v) is 8.90. The first-order valence-electron chi connectivity index (χ1n) is 8.90. The highest BCUT2D eigenvalue weighted by Gasteiger charge is 2.29. The van der Waals surface area contributed by atoms with Crippen molar-refractivity contribution in [2.75, 3.05) is 49.1 Å². The Balaban J connectivity index is 1.39. The van der Waals surface area contributed by atoms with Gasteiger partial charge < -0.3 is 14.7 Å². The van der Waals surface area contributed by atoms with Crippen LogP contribution in [0.3, 0.4) is 0 Å². The maximum Gasteiger partial charge on any atom is 0.222 e. The molecule has 1 aromatic heterocycles. The van der Waals surface area contributed by atoms with E-state index in [0.29, 0.717) is 11.8 Å². The van der Waals surface area contributed by atoms with E-state index in [2.05, 4.69) is 26.1 Å². The van der Waals surface area contributed by atoms with Crippen molar-refractivity contribution in [3.05, 3.63) is 12.3 Å². The summed E-state index contributed by atoms with van der Waals surface area (Å²) in [5.41, 5.74) is 1.20. The number of hydrogen-bond acceptors (Lipinski definition) is 5. The Labute approximate surface area is 137 Å². The van der Waals surface area contributed by atoms with E-state index >= 15 is 0 Å². The van der Waals surface area contributed by atoms with Gasteiger partial charge in [-0.15, -0.1) is 5.10 Å². The third kappa shape index (κ3) is 3.12. The third-order valence-corrected chi connectivity index (χ3v) is 5.36. The van der Waals surface area contributed by atoms with Crippen molar-refractivity contribution in [3.63, 3.8) is 0 Å². The Kier molecular flexibility index (Phi) is 4.06. The molecular formula is C17H25N5O. The molecule has 1 atom stereocenters. The molecule has 0 N–H and O–H groups in total. The minimum Gasteiger partial charge on any atom is -0.370 e. The number of anilines is 2. The van der Waals surface area contributed by atoms with E-state index in [1.54, 1.807) is 0 Å². The Morgan fingerprint density at radius 2 is 1.96 bits per heavy atom. The van der Waals surface area contributed by atoms with Gasteiger partial charge in [0.2, 0.25) is 5.91 Å². The van der Waals surface area contributed by atoms with Crippen molar-refractivity contribution >= 4 is 17.4 Å². The largest absolute Gasteiger partial charge is 0.370 e. The molecule has 6 heteroatoms. The van der Waals surface area contributed by atoms with Crippen LogP contribution in [0.4, 0.5) is 11.5 Å². The average Bonchev–Trinajstić information content (AvgIpc) is 3.31. The number of rotatable bonds is 4. The topological polar surface area (TPSA) is 52.6 Å². The van der Waals surface area contributed by atoms with Crippen LogP contribution in [-0.4, -0.2) is 60.3 Å². The Morgan fingerprint density at radius 1 is 1.09 bits per heavy atom. The molecule has 0 bridgehead atoms. The summed E-state index contributed by atoms with van der Waals surface area (Å²) in [4.78, 5) is 18.6. The lowest BCUT2D eigenvalue weighted by atomic mass is 10.1. The number of hydrogen-bond donors (Lipinski definition) is 0. The second-order valence-electron chi connectivity index (χ2n) is 7.01. The van der Waals surface area contributed by atoms with Gasteiger partial charge in [-0.1, -0.05) is 0 Å². The molecule has 0 aliphatic carbocycles. The molecule has 4 heterocycles. The Morgan fingerprint density at radius 3 is 2.74 bits per heavy atom. The van der Waals surface area contributed by atoms with Crippen molar-refractivity contribution in [1.82, 2.24) is 15.1 Å². The number of nitrogens with zero attached hydrogens (tertiary/aromatic N) is 5. The average molecular weight is 315 g/mol. The van der Waals surface area contributed by atoms with Crippen LogP contribution in [0.5, 0.6) is 0 Å². The first kappa shape index (κ1) is 14.7. The monoisotopic (exact) mass is 315 g/mol. The van der Waals surface area contributed by atoms with Crippen LogP contribution in [0.2, 0.25) is 0 Å². The molecule has 0 radical (unpaired) electrons. The fourth-order valence-electron chi connectivity index (χ4n) is 4.05. The molecule has 124 valence electrons. The van der Waals surface area contributed by atoms with Crippen LogP contribution in [-0.2, 0) is 4.79 Å². The summed E-state index contributed by atoms with van der Waals surface area (Å²) < 4.78 is 0. The second-order valence-corrected chi connectivity index (χ2v) is 7.01. The fourth-order valence-corrected chi connectivity index (χ4v) is 4.05. The molecule has 4 rings (SSSR count). The number of amides is 1. The SMILES string of the molecule is O=C1CCCN1CC1CCN(c2cc(N3CCCC3)cnn2)C1.